The molecule has 35 heavy (non-hydrogen) atoms. The molecule has 2 aromatic heterocycles. The van der Waals surface area contributed by atoms with Gasteiger partial charge in [0.05, 0.1) is 16.1 Å². The van der Waals surface area contributed by atoms with Crippen LogP contribution in [-0.4, -0.2) is 21.1 Å². The molecule has 5 heteroatoms. The normalized spacial score (nSPS) is 12.1. The summed E-state index contributed by atoms with van der Waals surface area (Å²) in [5.74, 6) is -0.764. The van der Waals surface area contributed by atoms with Crippen molar-refractivity contribution >= 4 is 33.1 Å². The summed E-state index contributed by atoms with van der Waals surface area (Å²) < 4.78 is 3.11. The fraction of sp³-hybridized carbons (Fsp3) is 0.167. The van der Waals surface area contributed by atoms with Crippen molar-refractivity contribution in [2.45, 2.75) is 33.1 Å². The van der Waals surface area contributed by atoms with Gasteiger partial charge < -0.3 is 4.57 Å². The number of Topliss-reactive ketones (excluding diaryl/α,β-unsaturated/α-hetero) is 2. The lowest BCUT2D eigenvalue weighted by atomic mass is 9.91. The number of para-hydroxylation sites is 1. The number of thiazole rings is 1. The Hall–Kier alpha value is -3.83. The molecule has 4 nitrogen and oxygen atoms in total. The molecule has 3 aromatic carbocycles. The highest BCUT2D eigenvalue weighted by Crippen LogP contribution is 2.33. The molecule has 0 radical (unpaired) electrons. The van der Waals surface area contributed by atoms with Crippen LogP contribution in [0.2, 0.25) is 0 Å². The van der Waals surface area contributed by atoms with Crippen LogP contribution in [-0.2, 0) is 0 Å². The number of carbonyl (C=O) groups excluding carboxylic acids is 2. The summed E-state index contributed by atoms with van der Waals surface area (Å²) in [6.07, 6.45) is 0.0751. The Bertz CT molecular complexity index is 1500. The van der Waals surface area contributed by atoms with Gasteiger partial charge >= 0.3 is 0 Å². The first-order valence-electron chi connectivity index (χ1n) is 11.7. The van der Waals surface area contributed by atoms with Crippen molar-refractivity contribution in [3.8, 4) is 5.69 Å². The number of rotatable bonds is 7. The molecular formula is C30H26N2O2S. The van der Waals surface area contributed by atoms with Crippen molar-refractivity contribution in [3.05, 3.63) is 118 Å². The molecule has 5 rings (SSSR count). The van der Waals surface area contributed by atoms with Gasteiger partial charge in [0, 0.05) is 34.6 Å². The van der Waals surface area contributed by atoms with Crippen molar-refractivity contribution in [2.75, 3.05) is 0 Å². The lowest BCUT2D eigenvalue weighted by molar-refractivity contribution is 0.0893. The van der Waals surface area contributed by atoms with E-state index in [0.717, 1.165) is 27.3 Å². The van der Waals surface area contributed by atoms with E-state index in [1.807, 2.05) is 62.4 Å². The fourth-order valence-corrected chi connectivity index (χ4v) is 5.63. The number of hydrogen-bond acceptors (Lipinski definition) is 4. The molecule has 5 aromatic rings. The van der Waals surface area contributed by atoms with Gasteiger partial charge in [-0.2, -0.15) is 0 Å². The molecule has 0 N–H and O–H groups in total. The molecule has 0 aliphatic rings. The zero-order chi connectivity index (χ0) is 24.5. The fourth-order valence-electron chi connectivity index (χ4n) is 4.57. The zero-order valence-electron chi connectivity index (χ0n) is 20.0. The molecule has 0 aliphatic carbocycles. The number of carbonyl (C=O) groups is 2. The summed E-state index contributed by atoms with van der Waals surface area (Å²) in [4.78, 5) is 32.0. The first kappa shape index (κ1) is 22.9. The van der Waals surface area contributed by atoms with Crippen LogP contribution in [0.1, 0.15) is 55.0 Å². The highest BCUT2D eigenvalue weighted by molar-refractivity contribution is 7.18. The maximum absolute atomic E-state index is 13.7. The van der Waals surface area contributed by atoms with Crippen LogP contribution in [0.15, 0.2) is 84.9 Å². The van der Waals surface area contributed by atoms with Gasteiger partial charge in [-0.1, -0.05) is 60.2 Å². The maximum atomic E-state index is 13.7. The van der Waals surface area contributed by atoms with Crippen LogP contribution in [0.5, 0.6) is 0 Å². The van der Waals surface area contributed by atoms with E-state index in [9.17, 15) is 9.59 Å². The van der Waals surface area contributed by atoms with E-state index in [-0.39, 0.29) is 18.0 Å². The standard InChI is InChI=1S/C30H26N2O2S/c1-19-13-15-23(16-14-19)32-20(2)17-24(21(32)3)27(33)18-25(29(34)22-9-5-4-6-10-22)30-31-26-11-7-8-12-28(26)35-30/h4-17,25H,18H2,1-3H3/t25-/m0/s1. The minimum atomic E-state index is -0.635. The van der Waals surface area contributed by atoms with E-state index < -0.39 is 5.92 Å². The third kappa shape index (κ3) is 4.47. The lowest BCUT2D eigenvalue weighted by Gasteiger charge is -2.14. The quantitative estimate of drug-likeness (QED) is 0.231. The third-order valence-electron chi connectivity index (χ3n) is 6.40. The summed E-state index contributed by atoms with van der Waals surface area (Å²) >= 11 is 1.49. The number of aromatic nitrogens is 2. The monoisotopic (exact) mass is 478 g/mol. The van der Waals surface area contributed by atoms with Gasteiger partial charge in [0.2, 0.25) is 0 Å². The number of ketones is 2. The molecule has 0 aliphatic heterocycles. The Morgan fingerprint density at radius 3 is 2.29 bits per heavy atom. The van der Waals surface area contributed by atoms with Gasteiger partial charge in [0.1, 0.15) is 5.01 Å². The summed E-state index contributed by atoms with van der Waals surface area (Å²) in [6.45, 7) is 6.02. The topological polar surface area (TPSA) is 52.0 Å². The van der Waals surface area contributed by atoms with E-state index in [4.69, 9.17) is 4.98 Å². The molecule has 0 bridgehead atoms. The summed E-state index contributed by atoms with van der Waals surface area (Å²) in [5.41, 5.74) is 6.17. The molecule has 2 heterocycles. The molecule has 0 saturated carbocycles. The van der Waals surface area contributed by atoms with E-state index in [0.29, 0.717) is 16.1 Å². The summed E-state index contributed by atoms with van der Waals surface area (Å²) in [6, 6.07) is 27.2. The van der Waals surface area contributed by atoms with Crippen LogP contribution >= 0.6 is 11.3 Å². The minimum Gasteiger partial charge on any atom is -0.318 e. The van der Waals surface area contributed by atoms with Crippen molar-refractivity contribution < 1.29 is 9.59 Å². The Morgan fingerprint density at radius 2 is 1.57 bits per heavy atom. The van der Waals surface area contributed by atoms with Gasteiger partial charge in [-0.15, -0.1) is 11.3 Å². The highest BCUT2D eigenvalue weighted by Gasteiger charge is 2.30. The van der Waals surface area contributed by atoms with Crippen LogP contribution in [0.25, 0.3) is 15.9 Å². The van der Waals surface area contributed by atoms with Crippen molar-refractivity contribution in [1.82, 2.24) is 9.55 Å². The first-order chi connectivity index (χ1) is 16.9. The van der Waals surface area contributed by atoms with Gasteiger partial charge in [-0.05, 0) is 51.1 Å². The van der Waals surface area contributed by atoms with Crippen molar-refractivity contribution in [3.63, 3.8) is 0 Å². The second-order valence-electron chi connectivity index (χ2n) is 8.89. The molecule has 0 unspecified atom stereocenters. The summed E-state index contributed by atoms with van der Waals surface area (Å²) in [5, 5.41) is 0.681. The van der Waals surface area contributed by atoms with Crippen molar-refractivity contribution in [2.24, 2.45) is 0 Å². The Kier molecular flexibility index (Phi) is 6.18. The number of nitrogens with zero attached hydrogens (tertiary/aromatic N) is 2. The largest absolute Gasteiger partial charge is 0.318 e. The van der Waals surface area contributed by atoms with E-state index in [1.54, 1.807) is 12.1 Å². The Balaban J connectivity index is 1.52. The first-order valence-corrected chi connectivity index (χ1v) is 12.5. The minimum absolute atomic E-state index is 0.0509. The number of aryl methyl sites for hydroxylation is 2. The predicted molar refractivity (Wildman–Crippen MR) is 142 cm³/mol. The second-order valence-corrected chi connectivity index (χ2v) is 9.95. The van der Waals surface area contributed by atoms with Crippen molar-refractivity contribution in [1.29, 1.82) is 0 Å². The lowest BCUT2D eigenvalue weighted by Crippen LogP contribution is -2.17. The van der Waals surface area contributed by atoms with Crippen LogP contribution in [0, 0.1) is 20.8 Å². The molecular weight excluding hydrogens is 452 g/mol. The predicted octanol–water partition coefficient (Wildman–Crippen LogP) is 7.25. The second kappa shape index (κ2) is 9.43. The number of benzene rings is 3. The Labute approximate surface area is 208 Å². The van der Waals surface area contributed by atoms with Crippen LogP contribution in [0.4, 0.5) is 0 Å². The highest BCUT2D eigenvalue weighted by atomic mass is 32.1. The van der Waals surface area contributed by atoms with Gasteiger partial charge in [0.25, 0.3) is 0 Å². The zero-order valence-corrected chi connectivity index (χ0v) is 20.8. The molecule has 0 saturated heterocycles. The molecule has 0 amide bonds. The SMILES string of the molecule is Cc1ccc(-n2c(C)cc(C(=O)C[C@@H](C(=O)c3ccccc3)c3nc4ccccc4s3)c2C)cc1. The van der Waals surface area contributed by atoms with Gasteiger partial charge in [0.15, 0.2) is 11.6 Å². The maximum Gasteiger partial charge on any atom is 0.173 e. The van der Waals surface area contributed by atoms with Crippen LogP contribution < -0.4 is 0 Å². The van der Waals surface area contributed by atoms with Crippen LogP contribution in [0.3, 0.4) is 0 Å². The molecule has 0 spiro atoms. The molecule has 174 valence electrons. The van der Waals surface area contributed by atoms with Gasteiger partial charge in [-0.3, -0.25) is 9.59 Å². The average molecular weight is 479 g/mol. The van der Waals surface area contributed by atoms with E-state index in [1.165, 1.54) is 16.9 Å². The summed E-state index contributed by atoms with van der Waals surface area (Å²) in [7, 11) is 0. The number of hydrogen-bond donors (Lipinski definition) is 0. The Morgan fingerprint density at radius 1 is 0.886 bits per heavy atom. The smallest absolute Gasteiger partial charge is 0.173 e. The molecule has 0 fully saturated rings. The average Bonchev–Trinajstić information content (AvgIpc) is 3.43. The van der Waals surface area contributed by atoms with E-state index >= 15 is 0 Å². The molecule has 1 atom stereocenters. The number of fused-ring (bicyclic) bond motifs is 1. The van der Waals surface area contributed by atoms with E-state index in [2.05, 4.69) is 35.8 Å². The van der Waals surface area contributed by atoms with Gasteiger partial charge in [-0.25, -0.2) is 4.98 Å². The third-order valence-corrected chi connectivity index (χ3v) is 7.55.